The van der Waals surface area contributed by atoms with E-state index in [4.69, 9.17) is 5.11 Å². The molecule has 92 valence electrons. The molecular weight excluding hydrogens is 238 g/mol. The Labute approximate surface area is 92.9 Å². The van der Waals surface area contributed by atoms with Crippen LogP contribution >= 0.6 is 0 Å². The first kappa shape index (κ1) is 12.8. The summed E-state index contributed by atoms with van der Waals surface area (Å²) in [6.45, 7) is 0.0786. The van der Waals surface area contributed by atoms with Crippen molar-refractivity contribution >= 4 is 21.9 Å². The van der Waals surface area contributed by atoms with Crippen molar-refractivity contribution in [1.29, 1.82) is 0 Å². The summed E-state index contributed by atoms with van der Waals surface area (Å²) >= 11 is 0. The number of hydrogen-bond donors (Lipinski definition) is 1. The molecule has 1 N–H and O–H groups in total. The van der Waals surface area contributed by atoms with Gasteiger partial charge in [0.05, 0.1) is 5.75 Å². The van der Waals surface area contributed by atoms with Gasteiger partial charge in [-0.1, -0.05) is 0 Å². The number of carbonyl (C=O) groups is 2. The lowest BCUT2D eigenvalue weighted by atomic mass is 10.1. The molecule has 0 aromatic carbocycles. The number of ether oxygens (including phenoxy) is 1. The predicted octanol–water partition coefficient (Wildman–Crippen LogP) is -0.673. The van der Waals surface area contributed by atoms with Gasteiger partial charge in [0.15, 0.2) is 9.84 Å². The third-order valence-corrected chi connectivity index (χ3v) is 3.13. The molecule has 8 heteroatoms. The van der Waals surface area contributed by atoms with Crippen molar-refractivity contribution in [1.82, 2.24) is 4.90 Å². The van der Waals surface area contributed by atoms with Crippen LogP contribution in [0.3, 0.4) is 0 Å². The SMILES string of the molecule is CS(=O)(=O)CCOC(=O)N1CCC1C(=O)O. The second-order valence-electron chi connectivity index (χ2n) is 3.58. The first-order valence-corrected chi connectivity index (χ1v) is 6.71. The molecule has 0 aromatic rings. The Balaban J connectivity index is 2.34. The van der Waals surface area contributed by atoms with Crippen molar-refractivity contribution in [2.45, 2.75) is 12.5 Å². The minimum Gasteiger partial charge on any atom is -0.480 e. The van der Waals surface area contributed by atoms with Crippen molar-refractivity contribution in [2.24, 2.45) is 0 Å². The number of carboxylic acids is 1. The Morgan fingerprint density at radius 2 is 2.12 bits per heavy atom. The Kier molecular flexibility index (Phi) is 3.74. The van der Waals surface area contributed by atoms with Crippen molar-refractivity contribution < 1.29 is 27.9 Å². The lowest BCUT2D eigenvalue weighted by Gasteiger charge is -2.36. The van der Waals surface area contributed by atoms with E-state index in [1.165, 1.54) is 0 Å². The normalized spacial score (nSPS) is 20.1. The molecule has 1 unspecified atom stereocenters. The summed E-state index contributed by atoms with van der Waals surface area (Å²) in [5.41, 5.74) is 0. The maximum atomic E-state index is 11.3. The molecule has 0 aromatic heterocycles. The topological polar surface area (TPSA) is 101 Å². The lowest BCUT2D eigenvalue weighted by Crippen LogP contribution is -2.55. The van der Waals surface area contributed by atoms with Crippen molar-refractivity contribution in [3.05, 3.63) is 0 Å². The molecule has 1 aliphatic rings. The smallest absolute Gasteiger partial charge is 0.410 e. The van der Waals surface area contributed by atoms with Crippen molar-refractivity contribution in [2.75, 3.05) is 25.2 Å². The Morgan fingerprint density at radius 1 is 1.50 bits per heavy atom. The molecule has 1 atom stereocenters. The summed E-state index contributed by atoms with van der Waals surface area (Å²) in [6, 6.07) is -0.842. The van der Waals surface area contributed by atoms with Gasteiger partial charge < -0.3 is 9.84 Å². The van der Waals surface area contributed by atoms with Gasteiger partial charge in [0.2, 0.25) is 0 Å². The van der Waals surface area contributed by atoms with E-state index in [-0.39, 0.29) is 12.4 Å². The predicted molar refractivity (Wildman–Crippen MR) is 53.8 cm³/mol. The third kappa shape index (κ3) is 3.37. The molecule has 0 radical (unpaired) electrons. The molecule has 1 fully saturated rings. The number of carbonyl (C=O) groups excluding carboxylic acids is 1. The van der Waals surface area contributed by atoms with E-state index in [0.717, 1.165) is 11.2 Å². The van der Waals surface area contributed by atoms with Crippen molar-refractivity contribution in [3.8, 4) is 0 Å². The molecule has 7 nitrogen and oxygen atoms in total. The van der Waals surface area contributed by atoms with Gasteiger partial charge in [0.1, 0.15) is 12.6 Å². The fourth-order valence-corrected chi connectivity index (χ4v) is 1.61. The van der Waals surface area contributed by atoms with Crippen molar-refractivity contribution in [3.63, 3.8) is 0 Å². The first-order chi connectivity index (χ1) is 7.31. The van der Waals surface area contributed by atoms with Gasteiger partial charge in [-0.2, -0.15) is 0 Å². The molecule has 1 amide bonds. The van der Waals surface area contributed by atoms with Crippen LogP contribution in [0.1, 0.15) is 6.42 Å². The third-order valence-electron chi connectivity index (χ3n) is 2.22. The van der Waals surface area contributed by atoms with Crippen LogP contribution in [0.15, 0.2) is 0 Å². The number of nitrogens with zero attached hydrogens (tertiary/aromatic N) is 1. The molecule has 0 spiro atoms. The maximum absolute atomic E-state index is 11.3. The molecule has 0 bridgehead atoms. The van der Waals surface area contributed by atoms with Crippen LogP contribution < -0.4 is 0 Å². The van der Waals surface area contributed by atoms with Crippen LogP contribution in [0.25, 0.3) is 0 Å². The quantitative estimate of drug-likeness (QED) is 0.710. The summed E-state index contributed by atoms with van der Waals surface area (Å²) in [5.74, 6) is -1.34. The maximum Gasteiger partial charge on any atom is 0.410 e. The largest absolute Gasteiger partial charge is 0.480 e. The number of likely N-dealkylation sites (tertiary alicyclic amines) is 1. The zero-order valence-corrected chi connectivity index (χ0v) is 9.57. The Hall–Kier alpha value is -1.31. The van der Waals surface area contributed by atoms with E-state index in [0.29, 0.717) is 13.0 Å². The molecule has 0 aliphatic carbocycles. The Morgan fingerprint density at radius 3 is 2.50 bits per heavy atom. The second kappa shape index (κ2) is 4.69. The Bertz CT molecular complexity index is 389. The molecule has 16 heavy (non-hydrogen) atoms. The average Bonchev–Trinajstić information content (AvgIpc) is 1.97. The summed E-state index contributed by atoms with van der Waals surface area (Å²) in [5, 5.41) is 8.66. The standard InChI is InChI=1S/C8H13NO6S/c1-16(13,14)5-4-15-8(12)9-3-2-6(9)7(10)11/h6H,2-5H2,1H3,(H,10,11). The molecule has 1 rings (SSSR count). The van der Waals surface area contributed by atoms with Gasteiger partial charge in [-0.3, -0.25) is 4.90 Å². The molecule has 1 aliphatic heterocycles. The van der Waals surface area contributed by atoms with Crippen LogP contribution in [0, 0.1) is 0 Å². The highest BCUT2D eigenvalue weighted by molar-refractivity contribution is 7.90. The highest BCUT2D eigenvalue weighted by Crippen LogP contribution is 2.18. The minimum atomic E-state index is -3.18. The number of sulfone groups is 1. The molecule has 0 saturated carbocycles. The number of aliphatic carboxylic acids is 1. The van der Waals surface area contributed by atoms with Crippen LogP contribution in [0.5, 0.6) is 0 Å². The first-order valence-electron chi connectivity index (χ1n) is 4.65. The van der Waals surface area contributed by atoms with E-state index in [9.17, 15) is 18.0 Å². The summed E-state index contributed by atoms with van der Waals surface area (Å²) in [6.07, 6.45) is 0.656. The second-order valence-corrected chi connectivity index (χ2v) is 5.84. The van der Waals surface area contributed by atoms with E-state index in [1.54, 1.807) is 0 Å². The lowest BCUT2D eigenvalue weighted by molar-refractivity contribution is -0.146. The van der Waals surface area contributed by atoms with Gasteiger partial charge in [0, 0.05) is 12.8 Å². The number of amides is 1. The number of hydrogen-bond acceptors (Lipinski definition) is 5. The van der Waals surface area contributed by atoms with Crippen LogP contribution in [0.4, 0.5) is 4.79 Å². The van der Waals surface area contributed by atoms with Crippen LogP contribution in [-0.4, -0.2) is 61.7 Å². The fraction of sp³-hybridized carbons (Fsp3) is 0.750. The highest BCUT2D eigenvalue weighted by Gasteiger charge is 2.38. The average molecular weight is 251 g/mol. The van der Waals surface area contributed by atoms with Crippen LogP contribution in [0.2, 0.25) is 0 Å². The number of rotatable bonds is 4. The summed E-state index contributed by atoms with van der Waals surface area (Å²) < 4.78 is 26.1. The van der Waals surface area contributed by atoms with Gasteiger partial charge in [-0.15, -0.1) is 0 Å². The molecule has 1 heterocycles. The monoisotopic (exact) mass is 251 g/mol. The molecular formula is C8H13NO6S. The zero-order chi connectivity index (χ0) is 12.3. The summed E-state index contributed by atoms with van der Waals surface area (Å²) in [7, 11) is -3.18. The van der Waals surface area contributed by atoms with E-state index < -0.39 is 27.9 Å². The molecule has 1 saturated heterocycles. The summed E-state index contributed by atoms with van der Waals surface area (Å²) in [4.78, 5) is 22.9. The number of carboxylic acid groups (broad SMARTS) is 1. The van der Waals surface area contributed by atoms with Gasteiger partial charge in [-0.25, -0.2) is 18.0 Å². The zero-order valence-electron chi connectivity index (χ0n) is 8.75. The van der Waals surface area contributed by atoms with E-state index in [1.807, 2.05) is 0 Å². The highest BCUT2D eigenvalue weighted by atomic mass is 32.2. The van der Waals surface area contributed by atoms with Crippen LogP contribution in [-0.2, 0) is 19.4 Å². The van der Waals surface area contributed by atoms with Gasteiger partial charge in [0.25, 0.3) is 0 Å². The van der Waals surface area contributed by atoms with Gasteiger partial charge >= 0.3 is 12.1 Å². The van der Waals surface area contributed by atoms with E-state index in [2.05, 4.69) is 4.74 Å². The van der Waals surface area contributed by atoms with E-state index >= 15 is 0 Å². The van der Waals surface area contributed by atoms with Gasteiger partial charge in [-0.05, 0) is 6.42 Å². The fourth-order valence-electron chi connectivity index (χ4n) is 1.23. The minimum absolute atomic E-state index is 0.249.